The predicted octanol–water partition coefficient (Wildman–Crippen LogP) is 2.38. The highest BCUT2D eigenvalue weighted by Gasteiger charge is 2.21. The van der Waals surface area contributed by atoms with Gasteiger partial charge in [0.2, 0.25) is 0 Å². The van der Waals surface area contributed by atoms with Gasteiger partial charge in [-0.1, -0.05) is 60.7 Å². The fourth-order valence-corrected chi connectivity index (χ4v) is 2.57. The number of aliphatic hydroxyl groups excluding tert-OH is 1. The third kappa shape index (κ3) is 3.21. The summed E-state index contributed by atoms with van der Waals surface area (Å²) in [6, 6.07) is 18.6. The van der Waals surface area contributed by atoms with E-state index in [1.54, 1.807) is 12.1 Å². The third-order valence-electron chi connectivity index (χ3n) is 3.83. The number of nitrogens with zero attached hydrogens (tertiary/aromatic N) is 2. The topological polar surface area (TPSA) is 64.4 Å². The largest absolute Gasteiger partial charge is 0.494 e. The van der Waals surface area contributed by atoms with Crippen molar-refractivity contribution in [3.63, 3.8) is 0 Å². The molecule has 0 aliphatic heterocycles. The smallest absolute Gasteiger partial charge is 0.277 e. The lowest BCUT2D eigenvalue weighted by molar-refractivity contribution is 0.211. The van der Waals surface area contributed by atoms with Crippen LogP contribution in [0.1, 0.15) is 22.8 Å². The molecule has 122 valence electrons. The van der Waals surface area contributed by atoms with Crippen LogP contribution in [0.4, 0.5) is 0 Å². The molecular formula is C19H18N2O3. The van der Waals surface area contributed by atoms with Crippen molar-refractivity contribution in [1.29, 1.82) is 0 Å². The summed E-state index contributed by atoms with van der Waals surface area (Å²) in [4.78, 5) is 12.8. The molecule has 0 radical (unpaired) electrons. The average molecular weight is 322 g/mol. The van der Waals surface area contributed by atoms with Crippen LogP contribution < -0.4 is 10.3 Å². The zero-order valence-corrected chi connectivity index (χ0v) is 13.3. The van der Waals surface area contributed by atoms with Gasteiger partial charge < -0.3 is 9.84 Å². The van der Waals surface area contributed by atoms with Gasteiger partial charge in [-0.2, -0.15) is 5.10 Å². The maximum absolute atomic E-state index is 12.8. The van der Waals surface area contributed by atoms with E-state index in [-0.39, 0.29) is 16.9 Å². The van der Waals surface area contributed by atoms with E-state index in [9.17, 15) is 9.90 Å². The zero-order valence-electron chi connectivity index (χ0n) is 13.3. The van der Waals surface area contributed by atoms with Crippen molar-refractivity contribution >= 4 is 0 Å². The Hall–Kier alpha value is -2.92. The molecule has 0 saturated carbocycles. The number of rotatable bonds is 5. The van der Waals surface area contributed by atoms with Crippen LogP contribution in [0.2, 0.25) is 0 Å². The molecule has 1 heterocycles. The van der Waals surface area contributed by atoms with Gasteiger partial charge in [-0.25, -0.2) is 4.68 Å². The first kappa shape index (κ1) is 16.0. The molecule has 0 bridgehead atoms. The maximum atomic E-state index is 12.8. The van der Waals surface area contributed by atoms with Crippen LogP contribution >= 0.6 is 0 Å². The van der Waals surface area contributed by atoms with Gasteiger partial charge in [0.05, 0.1) is 25.4 Å². The Morgan fingerprint density at radius 1 is 1.08 bits per heavy atom. The average Bonchev–Trinajstić information content (AvgIpc) is 2.64. The summed E-state index contributed by atoms with van der Waals surface area (Å²) in [6.45, 7) is 0.332. The van der Waals surface area contributed by atoms with Gasteiger partial charge in [-0.05, 0) is 11.1 Å². The summed E-state index contributed by atoms with van der Waals surface area (Å²) in [5.74, 6) is 0.278. The lowest BCUT2D eigenvalue weighted by Crippen LogP contribution is -2.29. The van der Waals surface area contributed by atoms with E-state index >= 15 is 0 Å². The Balaban J connectivity index is 2.04. The van der Waals surface area contributed by atoms with Crippen molar-refractivity contribution in [3.8, 4) is 5.75 Å². The molecule has 24 heavy (non-hydrogen) atoms. The quantitative estimate of drug-likeness (QED) is 0.783. The lowest BCUT2D eigenvalue weighted by atomic mass is 10.0. The van der Waals surface area contributed by atoms with E-state index in [1.165, 1.54) is 18.0 Å². The van der Waals surface area contributed by atoms with Crippen LogP contribution in [-0.4, -0.2) is 22.0 Å². The van der Waals surface area contributed by atoms with Crippen molar-refractivity contribution in [2.75, 3.05) is 7.11 Å². The highest BCUT2D eigenvalue weighted by molar-refractivity contribution is 5.37. The van der Waals surface area contributed by atoms with E-state index in [2.05, 4.69) is 5.10 Å². The van der Waals surface area contributed by atoms with Gasteiger partial charge in [0.25, 0.3) is 5.56 Å². The van der Waals surface area contributed by atoms with Gasteiger partial charge in [0.15, 0.2) is 5.75 Å². The molecule has 3 aromatic rings. The zero-order chi connectivity index (χ0) is 16.9. The molecule has 5 heteroatoms. The summed E-state index contributed by atoms with van der Waals surface area (Å²) >= 11 is 0. The number of aromatic nitrogens is 2. The molecule has 1 aromatic heterocycles. The molecule has 0 fully saturated rings. The Morgan fingerprint density at radius 2 is 1.71 bits per heavy atom. The fourth-order valence-electron chi connectivity index (χ4n) is 2.57. The second kappa shape index (κ2) is 7.10. The number of benzene rings is 2. The van der Waals surface area contributed by atoms with Crippen LogP contribution in [0.5, 0.6) is 5.75 Å². The highest BCUT2D eigenvalue weighted by Crippen LogP contribution is 2.26. The van der Waals surface area contributed by atoms with Crippen LogP contribution in [0.25, 0.3) is 0 Å². The molecule has 5 nitrogen and oxygen atoms in total. The van der Waals surface area contributed by atoms with E-state index in [1.807, 2.05) is 48.5 Å². The molecule has 0 saturated heterocycles. The Bertz CT molecular complexity index is 861. The molecule has 0 aliphatic rings. The second-order valence-electron chi connectivity index (χ2n) is 5.39. The lowest BCUT2D eigenvalue weighted by Gasteiger charge is -2.16. The minimum Gasteiger partial charge on any atom is -0.494 e. The Labute approximate surface area is 139 Å². The van der Waals surface area contributed by atoms with E-state index in [0.717, 1.165) is 5.56 Å². The van der Waals surface area contributed by atoms with Gasteiger partial charge in [0.1, 0.15) is 6.10 Å². The monoisotopic (exact) mass is 322 g/mol. The Morgan fingerprint density at radius 3 is 2.33 bits per heavy atom. The van der Waals surface area contributed by atoms with Crippen molar-refractivity contribution < 1.29 is 9.84 Å². The number of aliphatic hydroxyl groups is 1. The van der Waals surface area contributed by atoms with Gasteiger partial charge in [-0.15, -0.1) is 0 Å². The summed E-state index contributed by atoms with van der Waals surface area (Å²) in [7, 11) is 1.46. The first-order valence-electron chi connectivity index (χ1n) is 7.61. The van der Waals surface area contributed by atoms with Crippen LogP contribution in [-0.2, 0) is 6.54 Å². The van der Waals surface area contributed by atoms with Gasteiger partial charge in [-0.3, -0.25) is 4.79 Å². The number of hydrogen-bond acceptors (Lipinski definition) is 4. The summed E-state index contributed by atoms with van der Waals surface area (Å²) in [5.41, 5.74) is 1.41. The standard InChI is InChI=1S/C19H18N2O3/c1-24-16-12-20-21(13-14-8-4-2-5-9-14)19(23)17(16)18(22)15-10-6-3-7-11-15/h2-12,18,22H,13H2,1H3/t18-/m0/s1. The van der Waals surface area contributed by atoms with Gasteiger partial charge in [0, 0.05) is 0 Å². The molecule has 0 spiro atoms. The predicted molar refractivity (Wildman–Crippen MR) is 91.1 cm³/mol. The number of ether oxygens (including phenoxy) is 1. The molecule has 1 N–H and O–H groups in total. The molecule has 2 aromatic carbocycles. The molecule has 0 amide bonds. The molecule has 0 aliphatic carbocycles. The van der Waals surface area contributed by atoms with E-state index < -0.39 is 6.10 Å². The maximum Gasteiger partial charge on any atom is 0.277 e. The van der Waals surface area contributed by atoms with Gasteiger partial charge >= 0.3 is 0 Å². The summed E-state index contributed by atoms with van der Waals surface area (Å²) in [6.07, 6.45) is 0.393. The molecule has 1 atom stereocenters. The first-order chi connectivity index (χ1) is 11.7. The van der Waals surface area contributed by atoms with Crippen molar-refractivity contribution in [2.24, 2.45) is 0 Å². The first-order valence-corrected chi connectivity index (χ1v) is 7.61. The second-order valence-corrected chi connectivity index (χ2v) is 5.39. The van der Waals surface area contributed by atoms with Crippen molar-refractivity contribution in [3.05, 3.63) is 93.9 Å². The SMILES string of the molecule is COc1cnn(Cc2ccccc2)c(=O)c1[C@@H](O)c1ccccc1. The molecule has 0 unspecified atom stereocenters. The summed E-state index contributed by atoms with van der Waals surface area (Å²) in [5, 5.41) is 14.8. The highest BCUT2D eigenvalue weighted by atomic mass is 16.5. The minimum atomic E-state index is -1.07. The van der Waals surface area contributed by atoms with Crippen LogP contribution in [0.15, 0.2) is 71.7 Å². The van der Waals surface area contributed by atoms with Crippen LogP contribution in [0.3, 0.4) is 0 Å². The van der Waals surface area contributed by atoms with Crippen molar-refractivity contribution in [2.45, 2.75) is 12.6 Å². The number of methoxy groups -OCH3 is 1. The number of hydrogen-bond donors (Lipinski definition) is 1. The molecular weight excluding hydrogens is 304 g/mol. The fraction of sp³-hybridized carbons (Fsp3) is 0.158. The minimum absolute atomic E-state index is 0.189. The van der Waals surface area contributed by atoms with Crippen LogP contribution in [0, 0.1) is 0 Å². The van der Waals surface area contributed by atoms with E-state index in [4.69, 9.17) is 4.74 Å². The van der Waals surface area contributed by atoms with E-state index in [0.29, 0.717) is 12.1 Å². The normalized spacial score (nSPS) is 11.9. The third-order valence-corrected chi connectivity index (χ3v) is 3.83. The molecule has 3 rings (SSSR count). The Kier molecular flexibility index (Phi) is 4.72. The van der Waals surface area contributed by atoms with Crippen molar-refractivity contribution in [1.82, 2.24) is 9.78 Å². The summed E-state index contributed by atoms with van der Waals surface area (Å²) < 4.78 is 6.57.